The van der Waals surface area contributed by atoms with Gasteiger partial charge in [0, 0.05) is 18.2 Å². The number of nitrogens with zero attached hydrogens (tertiary/aromatic N) is 2. The maximum absolute atomic E-state index is 12.5. The number of aliphatic hydroxyl groups is 1. The maximum atomic E-state index is 12.5. The van der Waals surface area contributed by atoms with E-state index < -0.39 is 4.92 Å². The van der Waals surface area contributed by atoms with Crippen molar-refractivity contribution in [3.05, 3.63) is 33.9 Å². The Morgan fingerprint density at radius 2 is 2.29 bits per heavy atom. The monoisotopic (exact) mass is 294 g/mol. The highest BCUT2D eigenvalue weighted by Gasteiger charge is 2.28. The van der Waals surface area contributed by atoms with Gasteiger partial charge in [0.2, 0.25) is 0 Å². The van der Waals surface area contributed by atoms with Crippen molar-refractivity contribution in [1.29, 1.82) is 0 Å². The van der Waals surface area contributed by atoms with E-state index >= 15 is 0 Å². The molecule has 114 valence electrons. The SMILES string of the molecule is COc1ccc(C(=O)N2CCCCC2CO)cc1[N+](=O)[O-]. The van der Waals surface area contributed by atoms with Crippen LogP contribution in [0, 0.1) is 10.1 Å². The Kier molecular flexibility index (Phi) is 4.74. The molecule has 1 saturated heterocycles. The Labute approximate surface area is 122 Å². The van der Waals surface area contributed by atoms with Gasteiger partial charge in [-0.1, -0.05) is 0 Å². The summed E-state index contributed by atoms with van der Waals surface area (Å²) in [5.74, 6) is -0.173. The summed E-state index contributed by atoms with van der Waals surface area (Å²) in [4.78, 5) is 24.5. The van der Waals surface area contributed by atoms with E-state index in [4.69, 9.17) is 4.74 Å². The zero-order valence-electron chi connectivity index (χ0n) is 11.8. The van der Waals surface area contributed by atoms with Crippen LogP contribution in [0.4, 0.5) is 5.69 Å². The molecule has 1 heterocycles. The molecular weight excluding hydrogens is 276 g/mol. The molecule has 2 rings (SSSR count). The van der Waals surface area contributed by atoms with Crippen molar-refractivity contribution in [3.8, 4) is 5.75 Å². The Balaban J connectivity index is 2.30. The van der Waals surface area contributed by atoms with Crippen molar-refractivity contribution in [2.45, 2.75) is 25.3 Å². The van der Waals surface area contributed by atoms with Crippen LogP contribution < -0.4 is 4.74 Å². The average Bonchev–Trinajstić information content (AvgIpc) is 2.53. The van der Waals surface area contributed by atoms with Gasteiger partial charge in [0.15, 0.2) is 5.75 Å². The Bertz CT molecular complexity index is 546. The van der Waals surface area contributed by atoms with Gasteiger partial charge in [0.1, 0.15) is 0 Å². The van der Waals surface area contributed by atoms with Crippen LogP contribution in [-0.2, 0) is 0 Å². The number of aliphatic hydroxyl groups excluding tert-OH is 1. The highest BCUT2D eigenvalue weighted by atomic mass is 16.6. The first-order valence-electron chi connectivity index (χ1n) is 6.82. The first-order chi connectivity index (χ1) is 10.1. The fraction of sp³-hybridized carbons (Fsp3) is 0.500. The number of likely N-dealkylation sites (tertiary alicyclic amines) is 1. The topological polar surface area (TPSA) is 92.9 Å². The molecule has 21 heavy (non-hydrogen) atoms. The van der Waals surface area contributed by atoms with E-state index in [9.17, 15) is 20.0 Å². The molecule has 1 atom stereocenters. The fourth-order valence-corrected chi connectivity index (χ4v) is 2.59. The minimum Gasteiger partial charge on any atom is -0.490 e. The normalized spacial score (nSPS) is 18.4. The summed E-state index contributed by atoms with van der Waals surface area (Å²) < 4.78 is 4.92. The average molecular weight is 294 g/mol. The zero-order chi connectivity index (χ0) is 15.4. The van der Waals surface area contributed by atoms with E-state index in [1.165, 1.54) is 25.3 Å². The zero-order valence-corrected chi connectivity index (χ0v) is 11.8. The van der Waals surface area contributed by atoms with Gasteiger partial charge in [-0.25, -0.2) is 0 Å². The molecule has 1 fully saturated rings. The summed E-state index contributed by atoms with van der Waals surface area (Å²) in [7, 11) is 1.34. The molecule has 1 amide bonds. The number of rotatable bonds is 4. The third-order valence-corrected chi connectivity index (χ3v) is 3.72. The highest BCUT2D eigenvalue weighted by Crippen LogP contribution is 2.29. The third kappa shape index (κ3) is 3.13. The van der Waals surface area contributed by atoms with Gasteiger partial charge in [-0.15, -0.1) is 0 Å². The Morgan fingerprint density at radius 3 is 2.90 bits per heavy atom. The first-order valence-corrected chi connectivity index (χ1v) is 6.82. The van der Waals surface area contributed by atoms with Crippen LogP contribution in [0.1, 0.15) is 29.6 Å². The van der Waals surface area contributed by atoms with E-state index in [1.807, 2.05) is 0 Å². The minimum absolute atomic E-state index is 0.0933. The molecule has 1 unspecified atom stereocenters. The molecule has 0 radical (unpaired) electrons. The van der Waals surface area contributed by atoms with Crippen molar-refractivity contribution < 1.29 is 19.6 Å². The molecule has 1 aromatic rings. The van der Waals surface area contributed by atoms with Crippen molar-refractivity contribution >= 4 is 11.6 Å². The van der Waals surface area contributed by atoms with E-state index in [1.54, 1.807) is 4.90 Å². The van der Waals surface area contributed by atoms with Crippen molar-refractivity contribution in [2.75, 3.05) is 20.3 Å². The molecule has 0 spiro atoms. The van der Waals surface area contributed by atoms with Crippen LogP contribution in [0.25, 0.3) is 0 Å². The predicted molar refractivity (Wildman–Crippen MR) is 75.4 cm³/mol. The lowest BCUT2D eigenvalue weighted by Gasteiger charge is -2.34. The lowest BCUT2D eigenvalue weighted by Crippen LogP contribution is -2.45. The van der Waals surface area contributed by atoms with Crippen LogP contribution in [0.15, 0.2) is 18.2 Å². The molecule has 0 aliphatic carbocycles. The number of hydrogen-bond donors (Lipinski definition) is 1. The standard InChI is InChI=1S/C14H18N2O5/c1-21-13-6-5-10(8-12(13)16(19)20)14(18)15-7-3-2-4-11(15)9-17/h5-6,8,11,17H,2-4,7,9H2,1H3. The molecule has 1 aliphatic rings. The summed E-state index contributed by atoms with van der Waals surface area (Å²) in [6, 6.07) is 3.94. The fourth-order valence-electron chi connectivity index (χ4n) is 2.59. The number of hydrogen-bond acceptors (Lipinski definition) is 5. The van der Waals surface area contributed by atoms with Gasteiger partial charge in [-0.2, -0.15) is 0 Å². The lowest BCUT2D eigenvalue weighted by atomic mass is 10.0. The number of amides is 1. The van der Waals surface area contributed by atoms with E-state index in [-0.39, 0.29) is 35.6 Å². The van der Waals surface area contributed by atoms with Gasteiger partial charge in [-0.3, -0.25) is 14.9 Å². The lowest BCUT2D eigenvalue weighted by molar-refractivity contribution is -0.385. The summed E-state index contributed by atoms with van der Waals surface area (Å²) in [5, 5.41) is 20.4. The molecule has 1 N–H and O–H groups in total. The molecule has 7 heteroatoms. The van der Waals surface area contributed by atoms with Crippen LogP contribution in [0.3, 0.4) is 0 Å². The van der Waals surface area contributed by atoms with Gasteiger partial charge in [-0.05, 0) is 31.4 Å². The quantitative estimate of drug-likeness (QED) is 0.672. The van der Waals surface area contributed by atoms with Crippen LogP contribution >= 0.6 is 0 Å². The van der Waals surface area contributed by atoms with Gasteiger partial charge < -0.3 is 14.7 Å². The molecule has 0 bridgehead atoms. The van der Waals surface area contributed by atoms with Crippen molar-refractivity contribution in [1.82, 2.24) is 4.90 Å². The molecule has 0 saturated carbocycles. The van der Waals surface area contributed by atoms with E-state index in [2.05, 4.69) is 0 Å². The predicted octanol–water partition coefficient (Wildman–Crippen LogP) is 1.59. The summed E-state index contributed by atoms with van der Waals surface area (Å²) in [6.45, 7) is 0.466. The Hall–Kier alpha value is -2.15. The number of nitro groups is 1. The minimum atomic E-state index is -0.574. The first kappa shape index (κ1) is 15.2. The largest absolute Gasteiger partial charge is 0.490 e. The van der Waals surface area contributed by atoms with E-state index in [0.29, 0.717) is 6.54 Å². The van der Waals surface area contributed by atoms with Crippen LogP contribution in [0.2, 0.25) is 0 Å². The molecule has 1 aliphatic heterocycles. The molecular formula is C14H18N2O5. The number of carbonyl (C=O) groups is 1. The Morgan fingerprint density at radius 1 is 1.52 bits per heavy atom. The molecule has 1 aromatic carbocycles. The number of methoxy groups -OCH3 is 1. The number of ether oxygens (including phenoxy) is 1. The van der Waals surface area contributed by atoms with Crippen molar-refractivity contribution in [2.24, 2.45) is 0 Å². The number of benzene rings is 1. The summed E-state index contributed by atoms with van der Waals surface area (Å²) in [6.07, 6.45) is 2.60. The second-order valence-corrected chi connectivity index (χ2v) is 4.97. The van der Waals surface area contributed by atoms with E-state index in [0.717, 1.165) is 19.3 Å². The molecule has 0 aromatic heterocycles. The highest BCUT2D eigenvalue weighted by molar-refractivity contribution is 5.95. The molecule has 7 nitrogen and oxygen atoms in total. The second kappa shape index (κ2) is 6.53. The summed E-state index contributed by atoms with van der Waals surface area (Å²) >= 11 is 0. The van der Waals surface area contributed by atoms with Crippen LogP contribution in [0.5, 0.6) is 5.75 Å². The maximum Gasteiger partial charge on any atom is 0.311 e. The smallest absolute Gasteiger partial charge is 0.311 e. The van der Waals surface area contributed by atoms with Gasteiger partial charge >= 0.3 is 5.69 Å². The van der Waals surface area contributed by atoms with Crippen LogP contribution in [-0.4, -0.2) is 47.1 Å². The van der Waals surface area contributed by atoms with Gasteiger partial charge in [0.25, 0.3) is 5.91 Å². The number of carbonyl (C=O) groups excluding carboxylic acids is 1. The number of nitro benzene ring substituents is 1. The second-order valence-electron chi connectivity index (χ2n) is 4.97. The third-order valence-electron chi connectivity index (χ3n) is 3.72. The summed E-state index contributed by atoms with van der Waals surface area (Å²) in [5.41, 5.74) is 0.00348. The van der Waals surface area contributed by atoms with Crippen molar-refractivity contribution in [3.63, 3.8) is 0 Å². The van der Waals surface area contributed by atoms with Gasteiger partial charge in [0.05, 0.1) is 24.7 Å². The number of piperidine rings is 1.